The molecule has 0 radical (unpaired) electrons. The highest BCUT2D eigenvalue weighted by Crippen LogP contribution is 2.30. The van der Waals surface area contributed by atoms with Crippen LogP contribution in [-0.2, 0) is 11.3 Å². The molecule has 0 aliphatic carbocycles. The van der Waals surface area contributed by atoms with Crippen molar-refractivity contribution in [2.45, 2.75) is 34.2 Å². The number of non-ortho nitro benzene ring substituents is 1. The smallest absolute Gasteiger partial charge is 0.275 e. The van der Waals surface area contributed by atoms with E-state index in [-0.39, 0.29) is 29.6 Å². The fourth-order valence-electron chi connectivity index (χ4n) is 3.11. The molecule has 156 valence electrons. The number of ether oxygens (including phenoxy) is 1. The minimum atomic E-state index is -0.526. The summed E-state index contributed by atoms with van der Waals surface area (Å²) in [6.07, 6.45) is 0. The second kappa shape index (κ2) is 8.66. The third-order valence-corrected chi connectivity index (χ3v) is 5.55. The Bertz CT molecular complexity index is 1120. The lowest BCUT2D eigenvalue weighted by Crippen LogP contribution is -2.20. The van der Waals surface area contributed by atoms with Crippen molar-refractivity contribution in [3.63, 3.8) is 0 Å². The van der Waals surface area contributed by atoms with Crippen LogP contribution < -0.4 is 10.1 Å². The molecule has 1 amide bonds. The van der Waals surface area contributed by atoms with E-state index in [0.717, 1.165) is 27.0 Å². The molecule has 0 aliphatic rings. The Balaban J connectivity index is 1.84. The average molecular weight is 473 g/mol. The van der Waals surface area contributed by atoms with Gasteiger partial charge in [-0.2, -0.15) is 5.10 Å². The van der Waals surface area contributed by atoms with Crippen LogP contribution in [0.3, 0.4) is 0 Å². The SMILES string of the molecule is Cc1cc(C)cc(Oc2cc(NC(=O)Cn3nc(C)c(Br)c3C)cc([N+](=O)[O-])c2)c1. The van der Waals surface area contributed by atoms with Crippen molar-refractivity contribution < 1.29 is 14.5 Å². The van der Waals surface area contributed by atoms with Crippen LogP contribution in [0.1, 0.15) is 22.5 Å². The highest BCUT2D eigenvalue weighted by Gasteiger charge is 2.15. The molecule has 0 saturated heterocycles. The molecule has 3 rings (SSSR count). The van der Waals surface area contributed by atoms with Crippen molar-refractivity contribution in [2.75, 3.05) is 5.32 Å². The number of nitrogens with zero attached hydrogens (tertiary/aromatic N) is 3. The Morgan fingerprint density at radius 3 is 2.30 bits per heavy atom. The molecular formula is C21H21BrN4O4. The number of carbonyl (C=O) groups is 1. The standard InChI is InChI=1S/C21H21BrN4O4/c1-12-5-13(2)7-18(6-12)30-19-9-16(8-17(10-19)26(28)29)23-20(27)11-25-15(4)21(22)14(3)24-25/h5-10H,11H2,1-4H3,(H,23,27). The minimum Gasteiger partial charge on any atom is -0.457 e. The number of nitro benzene ring substituents is 1. The molecule has 30 heavy (non-hydrogen) atoms. The summed E-state index contributed by atoms with van der Waals surface area (Å²) in [4.78, 5) is 23.3. The van der Waals surface area contributed by atoms with Gasteiger partial charge in [0.25, 0.3) is 5.69 Å². The lowest BCUT2D eigenvalue weighted by Gasteiger charge is -2.11. The van der Waals surface area contributed by atoms with E-state index in [1.54, 1.807) is 10.7 Å². The normalized spacial score (nSPS) is 10.7. The molecule has 0 aliphatic heterocycles. The van der Waals surface area contributed by atoms with Crippen LogP contribution in [0.5, 0.6) is 11.5 Å². The molecule has 0 fully saturated rings. The van der Waals surface area contributed by atoms with Crippen LogP contribution >= 0.6 is 15.9 Å². The van der Waals surface area contributed by atoms with Gasteiger partial charge in [-0.3, -0.25) is 19.6 Å². The predicted molar refractivity (Wildman–Crippen MR) is 117 cm³/mol. The summed E-state index contributed by atoms with van der Waals surface area (Å²) in [5, 5.41) is 18.3. The van der Waals surface area contributed by atoms with E-state index in [4.69, 9.17) is 4.74 Å². The van der Waals surface area contributed by atoms with Crippen LogP contribution in [0.25, 0.3) is 0 Å². The lowest BCUT2D eigenvalue weighted by molar-refractivity contribution is -0.384. The van der Waals surface area contributed by atoms with Crippen LogP contribution in [0.15, 0.2) is 40.9 Å². The number of nitrogens with one attached hydrogen (secondary N) is 1. The number of hydrogen-bond donors (Lipinski definition) is 1. The number of anilines is 1. The van der Waals surface area contributed by atoms with Gasteiger partial charge in [0.05, 0.1) is 32.5 Å². The monoisotopic (exact) mass is 472 g/mol. The van der Waals surface area contributed by atoms with Crippen LogP contribution in [0, 0.1) is 37.8 Å². The fraction of sp³-hybridized carbons (Fsp3) is 0.238. The third-order valence-electron chi connectivity index (χ3n) is 4.40. The summed E-state index contributed by atoms with van der Waals surface area (Å²) in [7, 11) is 0. The van der Waals surface area contributed by atoms with E-state index >= 15 is 0 Å². The second-order valence-corrected chi connectivity index (χ2v) is 7.88. The molecule has 1 heterocycles. The zero-order chi connectivity index (χ0) is 22.0. The highest BCUT2D eigenvalue weighted by molar-refractivity contribution is 9.10. The summed E-state index contributed by atoms with van der Waals surface area (Å²) >= 11 is 3.43. The highest BCUT2D eigenvalue weighted by atomic mass is 79.9. The predicted octanol–water partition coefficient (Wildman–Crippen LogP) is 5.22. The molecule has 8 nitrogen and oxygen atoms in total. The van der Waals surface area contributed by atoms with Gasteiger partial charge in [0, 0.05) is 12.1 Å². The molecule has 2 aromatic carbocycles. The first kappa shape index (κ1) is 21.5. The number of halogens is 1. The van der Waals surface area contributed by atoms with E-state index in [2.05, 4.69) is 26.3 Å². The van der Waals surface area contributed by atoms with Gasteiger partial charge >= 0.3 is 0 Å². The lowest BCUT2D eigenvalue weighted by atomic mass is 10.1. The number of rotatable bonds is 6. The van der Waals surface area contributed by atoms with E-state index in [1.807, 2.05) is 45.9 Å². The maximum Gasteiger partial charge on any atom is 0.275 e. The molecule has 0 atom stereocenters. The van der Waals surface area contributed by atoms with Crippen molar-refractivity contribution in [1.29, 1.82) is 0 Å². The van der Waals surface area contributed by atoms with Crippen LogP contribution in [-0.4, -0.2) is 20.6 Å². The van der Waals surface area contributed by atoms with E-state index in [0.29, 0.717) is 5.75 Å². The van der Waals surface area contributed by atoms with Crippen molar-refractivity contribution in [3.05, 3.63) is 73.5 Å². The third kappa shape index (κ3) is 5.04. The average Bonchev–Trinajstić information content (AvgIpc) is 2.87. The van der Waals surface area contributed by atoms with Gasteiger partial charge in [-0.25, -0.2) is 0 Å². The molecular weight excluding hydrogens is 452 g/mol. The quantitative estimate of drug-likeness (QED) is 0.391. The number of carbonyl (C=O) groups excluding carboxylic acids is 1. The van der Waals surface area contributed by atoms with Gasteiger partial charge in [-0.05, 0) is 66.9 Å². The van der Waals surface area contributed by atoms with E-state index in [1.165, 1.54) is 12.1 Å². The number of benzene rings is 2. The number of aromatic nitrogens is 2. The summed E-state index contributed by atoms with van der Waals surface area (Å²) in [6.45, 7) is 7.55. The largest absolute Gasteiger partial charge is 0.457 e. The molecule has 0 bridgehead atoms. The Kier molecular flexibility index (Phi) is 6.21. The molecule has 1 N–H and O–H groups in total. The zero-order valence-electron chi connectivity index (χ0n) is 17.0. The van der Waals surface area contributed by atoms with Gasteiger partial charge in [-0.15, -0.1) is 0 Å². The minimum absolute atomic E-state index is 0.0196. The maximum atomic E-state index is 12.5. The first-order valence-electron chi connectivity index (χ1n) is 9.17. The van der Waals surface area contributed by atoms with Gasteiger partial charge in [0.15, 0.2) is 0 Å². The van der Waals surface area contributed by atoms with Crippen molar-refractivity contribution >= 4 is 33.2 Å². The Labute approximate surface area is 182 Å². The molecule has 0 unspecified atom stereocenters. The van der Waals surface area contributed by atoms with E-state index in [9.17, 15) is 14.9 Å². The summed E-state index contributed by atoms with van der Waals surface area (Å²) < 4.78 is 8.24. The van der Waals surface area contributed by atoms with Crippen molar-refractivity contribution in [1.82, 2.24) is 9.78 Å². The van der Waals surface area contributed by atoms with Gasteiger partial charge in [-0.1, -0.05) is 6.07 Å². The Morgan fingerprint density at radius 2 is 1.73 bits per heavy atom. The molecule has 0 saturated carbocycles. The summed E-state index contributed by atoms with van der Waals surface area (Å²) in [5.74, 6) is 0.474. The zero-order valence-corrected chi connectivity index (χ0v) is 18.6. The fourth-order valence-corrected chi connectivity index (χ4v) is 3.40. The van der Waals surface area contributed by atoms with Gasteiger partial charge in [0.1, 0.15) is 18.0 Å². The second-order valence-electron chi connectivity index (χ2n) is 7.09. The van der Waals surface area contributed by atoms with E-state index < -0.39 is 4.92 Å². The molecule has 9 heteroatoms. The number of nitro groups is 1. The topological polar surface area (TPSA) is 99.3 Å². The summed E-state index contributed by atoms with van der Waals surface area (Å²) in [5.41, 5.74) is 3.72. The van der Waals surface area contributed by atoms with Crippen LogP contribution in [0.2, 0.25) is 0 Å². The molecule has 0 spiro atoms. The summed E-state index contributed by atoms with van der Waals surface area (Å²) in [6, 6.07) is 9.85. The van der Waals surface area contributed by atoms with Gasteiger partial charge in [0.2, 0.25) is 5.91 Å². The van der Waals surface area contributed by atoms with Crippen molar-refractivity contribution in [2.24, 2.45) is 0 Å². The molecule has 3 aromatic rings. The van der Waals surface area contributed by atoms with Crippen molar-refractivity contribution in [3.8, 4) is 11.5 Å². The maximum absolute atomic E-state index is 12.5. The molecule has 1 aromatic heterocycles. The number of amides is 1. The first-order valence-corrected chi connectivity index (χ1v) is 9.96. The van der Waals surface area contributed by atoms with Crippen LogP contribution in [0.4, 0.5) is 11.4 Å². The number of aryl methyl sites for hydroxylation is 3. The number of hydrogen-bond acceptors (Lipinski definition) is 5. The van der Waals surface area contributed by atoms with Gasteiger partial charge < -0.3 is 10.1 Å². The Morgan fingerprint density at radius 1 is 1.10 bits per heavy atom. The Hall–Kier alpha value is -3.20. The first-order chi connectivity index (χ1) is 14.1.